The number of benzene rings is 2. The van der Waals surface area contributed by atoms with E-state index >= 15 is 0 Å². The van der Waals surface area contributed by atoms with Crippen LogP contribution in [0.25, 0.3) is 0 Å². The molecular formula is C26H22Br2N4O2. The number of amides is 1. The molecule has 1 unspecified atom stereocenters. The molecule has 3 N–H and O–H groups in total. The second-order valence-electron chi connectivity index (χ2n) is 9.82. The molecule has 34 heavy (non-hydrogen) atoms. The highest BCUT2D eigenvalue weighted by molar-refractivity contribution is 9.10. The molecule has 1 spiro atoms. The predicted molar refractivity (Wildman–Crippen MR) is 138 cm³/mol. The third kappa shape index (κ3) is 3.03. The van der Waals surface area contributed by atoms with Crippen molar-refractivity contribution < 1.29 is 9.59 Å². The zero-order valence-corrected chi connectivity index (χ0v) is 22.1. The number of nitrogens with two attached hydrogens (primary N) is 1. The number of nitrogens with one attached hydrogen (secondary N) is 1. The lowest BCUT2D eigenvalue weighted by Gasteiger charge is -2.47. The van der Waals surface area contributed by atoms with Gasteiger partial charge < -0.3 is 11.1 Å². The summed E-state index contributed by atoms with van der Waals surface area (Å²) in [5, 5.41) is 13.3. The Morgan fingerprint density at radius 3 is 2.56 bits per heavy atom. The van der Waals surface area contributed by atoms with Crippen molar-refractivity contribution in [3.8, 4) is 6.07 Å². The normalized spacial score (nSPS) is 23.1. The lowest BCUT2D eigenvalue weighted by Crippen LogP contribution is -2.52. The Labute approximate surface area is 214 Å². The zero-order valence-electron chi connectivity index (χ0n) is 18.9. The Bertz CT molecular complexity index is 1420. The van der Waals surface area contributed by atoms with Crippen molar-refractivity contribution in [3.63, 3.8) is 0 Å². The molecule has 0 aromatic heterocycles. The average Bonchev–Trinajstić information content (AvgIpc) is 3.01. The number of anilines is 2. The van der Waals surface area contributed by atoms with Crippen molar-refractivity contribution in [1.82, 2.24) is 0 Å². The summed E-state index contributed by atoms with van der Waals surface area (Å²) in [5.74, 6) is -0.423. The van der Waals surface area contributed by atoms with E-state index in [1.165, 1.54) is 0 Å². The Balaban J connectivity index is 1.93. The van der Waals surface area contributed by atoms with Crippen LogP contribution in [0.4, 0.5) is 11.4 Å². The van der Waals surface area contributed by atoms with Crippen LogP contribution >= 0.6 is 31.9 Å². The van der Waals surface area contributed by atoms with Crippen LogP contribution in [-0.2, 0) is 15.0 Å². The van der Waals surface area contributed by atoms with Crippen molar-refractivity contribution >= 4 is 54.9 Å². The molecule has 2 aromatic carbocycles. The van der Waals surface area contributed by atoms with E-state index in [1.807, 2.05) is 45.0 Å². The number of Topliss-reactive ketones (excluding diaryl/α,β-unsaturated/α-hetero) is 1. The molecule has 2 aliphatic heterocycles. The maximum absolute atomic E-state index is 13.9. The van der Waals surface area contributed by atoms with Crippen LogP contribution in [0.2, 0.25) is 0 Å². The second kappa shape index (κ2) is 7.56. The number of halogens is 2. The number of aryl methyl sites for hydroxylation is 1. The van der Waals surface area contributed by atoms with Crippen LogP contribution in [-0.4, -0.2) is 11.7 Å². The van der Waals surface area contributed by atoms with Crippen molar-refractivity contribution in [2.75, 3.05) is 10.2 Å². The van der Waals surface area contributed by atoms with Gasteiger partial charge in [0.2, 0.25) is 5.91 Å². The molecule has 0 bridgehead atoms. The van der Waals surface area contributed by atoms with Crippen LogP contribution in [0.3, 0.4) is 0 Å². The van der Waals surface area contributed by atoms with Gasteiger partial charge in [0.25, 0.3) is 0 Å². The minimum atomic E-state index is -1.59. The van der Waals surface area contributed by atoms with Crippen LogP contribution in [0.5, 0.6) is 0 Å². The van der Waals surface area contributed by atoms with Gasteiger partial charge >= 0.3 is 0 Å². The number of hydrogen-bond acceptors (Lipinski definition) is 5. The number of fused-ring (bicyclic) bond motifs is 3. The first-order chi connectivity index (χ1) is 16.0. The molecule has 6 nitrogen and oxygen atoms in total. The average molecular weight is 582 g/mol. The molecule has 8 heteroatoms. The number of carbonyl (C=O) groups excluding carboxylic acids is 2. The molecular weight excluding hydrogens is 560 g/mol. The third-order valence-corrected chi connectivity index (χ3v) is 7.96. The molecule has 5 rings (SSSR count). The fourth-order valence-corrected chi connectivity index (χ4v) is 6.24. The molecule has 2 aromatic rings. The molecule has 1 aliphatic carbocycles. The summed E-state index contributed by atoms with van der Waals surface area (Å²) in [7, 11) is 0. The van der Waals surface area contributed by atoms with Crippen molar-refractivity contribution in [1.29, 1.82) is 5.26 Å². The van der Waals surface area contributed by atoms with Gasteiger partial charge in [-0.15, -0.1) is 0 Å². The first kappa shape index (κ1) is 22.9. The number of hydrogen-bond donors (Lipinski definition) is 2. The smallest absolute Gasteiger partial charge is 0.245 e. The SMILES string of the molecule is Cc1ccc(Br)c(N2C(N)=C(C#N)C3(C(=O)Nc4ccc(Br)cc43)C3=C2CC(C)(C)CC3=O)c1. The maximum Gasteiger partial charge on any atom is 0.245 e. The van der Waals surface area contributed by atoms with E-state index in [2.05, 4.69) is 43.2 Å². The molecule has 2 heterocycles. The van der Waals surface area contributed by atoms with Crippen LogP contribution in [0, 0.1) is 23.7 Å². The summed E-state index contributed by atoms with van der Waals surface area (Å²) in [4.78, 5) is 29.5. The van der Waals surface area contributed by atoms with Gasteiger partial charge in [-0.2, -0.15) is 5.26 Å². The van der Waals surface area contributed by atoms with Crippen LogP contribution in [0.15, 0.2) is 68.0 Å². The first-order valence-electron chi connectivity index (χ1n) is 10.9. The van der Waals surface area contributed by atoms with Gasteiger partial charge in [-0.25, -0.2) is 0 Å². The minimum absolute atomic E-state index is 0.0575. The van der Waals surface area contributed by atoms with Gasteiger partial charge in [0.1, 0.15) is 17.3 Å². The van der Waals surface area contributed by atoms with Crippen LogP contribution < -0.4 is 16.0 Å². The number of nitriles is 1. The van der Waals surface area contributed by atoms with E-state index in [-0.39, 0.29) is 29.0 Å². The first-order valence-corrected chi connectivity index (χ1v) is 12.4. The molecule has 0 radical (unpaired) electrons. The Morgan fingerprint density at radius 2 is 1.85 bits per heavy atom. The fraction of sp³-hybridized carbons (Fsp3) is 0.269. The number of carbonyl (C=O) groups is 2. The minimum Gasteiger partial charge on any atom is -0.384 e. The summed E-state index contributed by atoms with van der Waals surface area (Å²) in [6.45, 7) is 6.03. The van der Waals surface area contributed by atoms with Gasteiger partial charge in [0.05, 0.1) is 11.3 Å². The van der Waals surface area contributed by atoms with Crippen molar-refractivity contribution in [2.45, 2.75) is 39.0 Å². The third-order valence-electron chi connectivity index (χ3n) is 6.80. The highest BCUT2D eigenvalue weighted by Crippen LogP contribution is 2.57. The standard InChI is InChI=1S/C26H22Br2N4O2/c1-13-4-6-17(28)19(8-13)32-20-10-25(2,3)11-21(33)22(20)26(16(12-29)23(32)30)15-9-14(27)5-7-18(15)31-24(26)34/h4-9H,10-11,30H2,1-3H3,(H,31,34). The quantitative estimate of drug-likeness (QED) is 0.459. The fourth-order valence-electron chi connectivity index (χ4n) is 5.46. The Morgan fingerprint density at radius 1 is 1.12 bits per heavy atom. The number of rotatable bonds is 1. The topological polar surface area (TPSA) is 99.2 Å². The van der Waals surface area contributed by atoms with Gasteiger partial charge in [-0.1, -0.05) is 35.8 Å². The molecule has 0 fully saturated rings. The van der Waals surface area contributed by atoms with Gasteiger partial charge in [-0.3, -0.25) is 14.5 Å². The molecule has 1 amide bonds. The molecule has 172 valence electrons. The van der Waals surface area contributed by atoms with E-state index in [0.29, 0.717) is 28.9 Å². The number of allylic oxidation sites excluding steroid dienone is 1. The molecule has 0 saturated carbocycles. The van der Waals surface area contributed by atoms with Crippen molar-refractivity contribution in [3.05, 3.63) is 79.1 Å². The maximum atomic E-state index is 13.9. The Kier molecular flexibility index (Phi) is 5.08. The summed E-state index contributed by atoms with van der Waals surface area (Å²) < 4.78 is 1.52. The van der Waals surface area contributed by atoms with Crippen LogP contribution in [0.1, 0.15) is 37.8 Å². The lowest BCUT2D eigenvalue weighted by atomic mass is 9.61. The summed E-state index contributed by atoms with van der Waals surface area (Å²) in [6.07, 6.45) is 0.790. The molecule has 0 saturated heterocycles. The Hall–Kier alpha value is -2.89. The monoisotopic (exact) mass is 580 g/mol. The summed E-state index contributed by atoms with van der Waals surface area (Å²) in [6, 6.07) is 13.5. The van der Waals surface area contributed by atoms with Gasteiger partial charge in [-0.05, 0) is 70.6 Å². The van der Waals surface area contributed by atoms with E-state index in [9.17, 15) is 14.9 Å². The second-order valence-corrected chi connectivity index (χ2v) is 11.6. The summed E-state index contributed by atoms with van der Waals surface area (Å²) in [5.41, 5.74) is 8.75. The predicted octanol–water partition coefficient (Wildman–Crippen LogP) is 5.57. The van der Waals surface area contributed by atoms with Gasteiger partial charge in [0.15, 0.2) is 5.78 Å². The highest BCUT2D eigenvalue weighted by atomic mass is 79.9. The summed E-state index contributed by atoms with van der Waals surface area (Å²) >= 11 is 7.11. The van der Waals surface area contributed by atoms with E-state index in [4.69, 9.17) is 5.73 Å². The largest absolute Gasteiger partial charge is 0.384 e. The number of ketones is 1. The van der Waals surface area contributed by atoms with E-state index in [0.717, 1.165) is 20.2 Å². The van der Waals surface area contributed by atoms with E-state index in [1.54, 1.807) is 17.0 Å². The molecule has 3 aliphatic rings. The van der Waals surface area contributed by atoms with Gasteiger partial charge in [0, 0.05) is 37.9 Å². The lowest BCUT2D eigenvalue weighted by molar-refractivity contribution is -0.123. The highest BCUT2D eigenvalue weighted by Gasteiger charge is 2.61. The van der Waals surface area contributed by atoms with E-state index < -0.39 is 11.3 Å². The van der Waals surface area contributed by atoms with Crippen molar-refractivity contribution in [2.24, 2.45) is 11.1 Å². The molecule has 1 atom stereocenters. The number of nitrogens with zero attached hydrogens (tertiary/aromatic N) is 2. The zero-order chi connectivity index (χ0) is 24.6.